The second-order valence-corrected chi connectivity index (χ2v) is 4.46. The van der Waals surface area contributed by atoms with Crippen molar-refractivity contribution in [3.63, 3.8) is 0 Å². The molecule has 1 aliphatic rings. The van der Waals surface area contributed by atoms with Crippen molar-refractivity contribution in [2.24, 2.45) is 0 Å². The summed E-state index contributed by atoms with van der Waals surface area (Å²) in [4.78, 5) is 8.23. The van der Waals surface area contributed by atoms with Crippen LogP contribution in [-0.4, -0.2) is 16.9 Å². The third-order valence-corrected chi connectivity index (χ3v) is 3.01. The van der Waals surface area contributed by atoms with Crippen LogP contribution in [0.3, 0.4) is 0 Å². The highest BCUT2D eigenvalue weighted by molar-refractivity contribution is 6.67. The summed E-state index contributed by atoms with van der Waals surface area (Å²) in [5.41, 5.74) is 3.41. The van der Waals surface area contributed by atoms with E-state index in [0.717, 1.165) is 11.3 Å². The second-order valence-electron chi connectivity index (χ2n) is 4.46. The summed E-state index contributed by atoms with van der Waals surface area (Å²) in [7, 11) is 0. The van der Waals surface area contributed by atoms with Gasteiger partial charge in [0.05, 0.1) is 6.61 Å². The summed E-state index contributed by atoms with van der Waals surface area (Å²) >= 11 is 0. The van der Waals surface area contributed by atoms with E-state index in [1.54, 1.807) is 12.4 Å². The number of aryl methyl sites for hydroxylation is 1. The van der Waals surface area contributed by atoms with Crippen molar-refractivity contribution in [1.82, 2.24) is 9.97 Å². The van der Waals surface area contributed by atoms with Crippen molar-refractivity contribution < 1.29 is 9.39 Å². The van der Waals surface area contributed by atoms with Crippen LogP contribution in [-0.2, 0) is 11.3 Å². The summed E-state index contributed by atoms with van der Waals surface area (Å²) < 4.78 is 11.2. The molecule has 0 bridgehead atoms. The van der Waals surface area contributed by atoms with E-state index in [0.29, 0.717) is 12.6 Å². The minimum Gasteiger partial charge on any atom is -0.427 e. The molecule has 0 radical (unpaired) electrons. The fourth-order valence-electron chi connectivity index (χ4n) is 2.01. The maximum absolute atomic E-state index is 5.62. The zero-order chi connectivity index (χ0) is 12.5. The van der Waals surface area contributed by atoms with E-state index in [4.69, 9.17) is 9.39 Å². The molecule has 90 valence electrons. The van der Waals surface area contributed by atoms with Crippen molar-refractivity contribution in [2.75, 3.05) is 0 Å². The van der Waals surface area contributed by atoms with Gasteiger partial charge in [0, 0.05) is 12.4 Å². The molecule has 0 N–H and O–H groups in total. The summed E-state index contributed by atoms with van der Waals surface area (Å²) in [5, 5.41) is 0. The van der Waals surface area contributed by atoms with Gasteiger partial charge in [-0.05, 0) is 35.6 Å². The molecule has 2 aromatic rings. The average molecular weight is 240 g/mol. The minimum absolute atomic E-state index is 0.171. The lowest BCUT2D eigenvalue weighted by Gasteiger charge is -2.05. The fraction of sp³-hybridized carbons (Fsp3) is 0.231. The second kappa shape index (κ2) is 4.42. The zero-order valence-electron chi connectivity index (χ0n) is 10.4. The maximum atomic E-state index is 5.62. The summed E-state index contributed by atoms with van der Waals surface area (Å²) in [6.45, 7) is 4.81. The molecule has 0 spiro atoms. The van der Waals surface area contributed by atoms with Crippen molar-refractivity contribution in [3.8, 4) is 11.8 Å². The molecular weight excluding hydrogens is 227 g/mol. The lowest BCUT2D eigenvalue weighted by Crippen LogP contribution is -2.23. The van der Waals surface area contributed by atoms with Crippen molar-refractivity contribution >= 4 is 12.4 Å². The van der Waals surface area contributed by atoms with E-state index in [1.807, 2.05) is 25.1 Å². The molecule has 2 heterocycles. The molecule has 3 rings (SSSR count). The monoisotopic (exact) mass is 240 g/mol. The number of aromatic nitrogens is 2. The van der Waals surface area contributed by atoms with Gasteiger partial charge in [0.15, 0.2) is 0 Å². The van der Waals surface area contributed by atoms with Crippen LogP contribution in [0.5, 0.6) is 11.8 Å². The molecule has 0 unspecified atom stereocenters. The first kappa shape index (κ1) is 11.2. The van der Waals surface area contributed by atoms with Gasteiger partial charge < -0.3 is 9.39 Å². The number of fused-ring (bicyclic) bond motifs is 1. The maximum Gasteiger partial charge on any atom is 0.324 e. The van der Waals surface area contributed by atoms with E-state index in [9.17, 15) is 0 Å². The molecule has 1 aliphatic heterocycles. The molecule has 0 atom stereocenters. The summed E-state index contributed by atoms with van der Waals surface area (Å²) in [6, 6.07) is 6.32. The number of hydrogen-bond donors (Lipinski definition) is 0. The van der Waals surface area contributed by atoms with Crippen LogP contribution in [0, 0.1) is 6.92 Å². The Labute approximate surface area is 106 Å². The van der Waals surface area contributed by atoms with Crippen LogP contribution in [0.25, 0.3) is 0 Å². The molecule has 0 saturated carbocycles. The quantitative estimate of drug-likeness (QED) is 0.752. The standard InChI is InChI=1S/C13H13BN2O2/c1-9-6-15-13(16-7-9)18-11-3-4-12-10(5-11)8-17-14(12)2/h3-7H,8H2,1-2H3. The summed E-state index contributed by atoms with van der Waals surface area (Å²) in [6.07, 6.45) is 3.47. The SMILES string of the molecule is CB1OCc2cc(Oc3ncc(C)cn3)ccc21. The number of hydrogen-bond acceptors (Lipinski definition) is 4. The molecule has 1 aromatic carbocycles. The predicted molar refractivity (Wildman–Crippen MR) is 69.3 cm³/mol. The van der Waals surface area contributed by atoms with Crippen LogP contribution >= 0.6 is 0 Å². The van der Waals surface area contributed by atoms with Gasteiger partial charge in [0.2, 0.25) is 0 Å². The van der Waals surface area contributed by atoms with Gasteiger partial charge in [-0.25, -0.2) is 9.97 Å². The normalized spacial score (nSPS) is 13.6. The van der Waals surface area contributed by atoms with Gasteiger partial charge >= 0.3 is 12.9 Å². The first-order valence-electron chi connectivity index (χ1n) is 5.93. The molecule has 0 saturated heterocycles. The molecule has 0 aliphatic carbocycles. The highest BCUT2D eigenvalue weighted by atomic mass is 16.5. The Bertz CT molecular complexity index is 572. The molecule has 4 nitrogen and oxygen atoms in total. The number of benzene rings is 1. The molecule has 0 amide bonds. The van der Waals surface area contributed by atoms with Crippen LogP contribution in [0.1, 0.15) is 11.1 Å². The van der Waals surface area contributed by atoms with E-state index >= 15 is 0 Å². The Morgan fingerprint density at radius 1 is 1.28 bits per heavy atom. The fourth-order valence-corrected chi connectivity index (χ4v) is 2.01. The van der Waals surface area contributed by atoms with Gasteiger partial charge in [-0.15, -0.1) is 0 Å². The Kier molecular flexibility index (Phi) is 2.76. The van der Waals surface area contributed by atoms with Gasteiger partial charge in [-0.1, -0.05) is 12.9 Å². The highest BCUT2D eigenvalue weighted by Crippen LogP contribution is 2.21. The number of rotatable bonds is 2. The zero-order valence-corrected chi connectivity index (χ0v) is 10.4. The largest absolute Gasteiger partial charge is 0.427 e. The smallest absolute Gasteiger partial charge is 0.324 e. The molecule has 5 heteroatoms. The van der Waals surface area contributed by atoms with Crippen LogP contribution < -0.4 is 10.2 Å². The van der Waals surface area contributed by atoms with Crippen LogP contribution in [0.4, 0.5) is 0 Å². The van der Waals surface area contributed by atoms with E-state index in [1.165, 1.54) is 11.0 Å². The van der Waals surface area contributed by atoms with Crippen molar-refractivity contribution in [3.05, 3.63) is 41.7 Å². The van der Waals surface area contributed by atoms with E-state index in [2.05, 4.69) is 16.8 Å². The topological polar surface area (TPSA) is 44.2 Å². The molecule has 0 fully saturated rings. The third kappa shape index (κ3) is 2.09. The first-order valence-corrected chi connectivity index (χ1v) is 5.93. The van der Waals surface area contributed by atoms with E-state index < -0.39 is 0 Å². The summed E-state index contributed by atoms with van der Waals surface area (Å²) in [5.74, 6) is 0.746. The number of ether oxygens (including phenoxy) is 1. The van der Waals surface area contributed by atoms with Gasteiger partial charge in [0.1, 0.15) is 5.75 Å². The van der Waals surface area contributed by atoms with Crippen LogP contribution in [0.15, 0.2) is 30.6 Å². The third-order valence-electron chi connectivity index (χ3n) is 3.01. The number of nitrogens with zero attached hydrogens (tertiary/aromatic N) is 2. The molecular formula is C13H13BN2O2. The molecule has 1 aromatic heterocycles. The Hall–Kier alpha value is -1.88. The Morgan fingerprint density at radius 2 is 2.06 bits per heavy atom. The van der Waals surface area contributed by atoms with Gasteiger partial charge in [0.25, 0.3) is 0 Å². The van der Waals surface area contributed by atoms with Crippen molar-refractivity contribution in [2.45, 2.75) is 20.4 Å². The molecule has 18 heavy (non-hydrogen) atoms. The van der Waals surface area contributed by atoms with Gasteiger partial charge in [-0.2, -0.15) is 0 Å². The van der Waals surface area contributed by atoms with E-state index in [-0.39, 0.29) is 6.92 Å². The minimum atomic E-state index is 0.171. The predicted octanol–water partition coefficient (Wildman–Crippen LogP) is 1.94. The Morgan fingerprint density at radius 3 is 2.83 bits per heavy atom. The van der Waals surface area contributed by atoms with Crippen molar-refractivity contribution in [1.29, 1.82) is 0 Å². The van der Waals surface area contributed by atoms with Gasteiger partial charge in [-0.3, -0.25) is 0 Å². The highest BCUT2D eigenvalue weighted by Gasteiger charge is 2.23. The lowest BCUT2D eigenvalue weighted by molar-refractivity contribution is 0.333. The van der Waals surface area contributed by atoms with Crippen LogP contribution in [0.2, 0.25) is 6.82 Å². The average Bonchev–Trinajstić information content (AvgIpc) is 2.74. The first-order chi connectivity index (χ1) is 8.72. The Balaban J connectivity index is 1.84. The lowest BCUT2D eigenvalue weighted by atomic mass is 9.64.